The molecule has 0 spiro atoms. The van der Waals surface area contributed by atoms with E-state index in [0.717, 1.165) is 17.1 Å². The average molecular weight is 355 g/mol. The number of aromatic nitrogens is 3. The van der Waals surface area contributed by atoms with Crippen molar-refractivity contribution in [3.8, 4) is 0 Å². The lowest BCUT2D eigenvalue weighted by Crippen LogP contribution is -2.43. The third-order valence-electron chi connectivity index (χ3n) is 4.03. The standard InChI is InChI=1S/C17H17N5O2S/c1-11-19-20-17-22(11)21-14(12-6-3-2-4-7-12)15(25-17)16(23)18-10-13-8-5-9-24-13/h2-9,14-15,21H,10H2,1H3,(H,18,23)/t14-,15+/m0/s1. The number of nitrogens with zero attached hydrogens (tertiary/aromatic N) is 3. The number of furan rings is 1. The molecule has 7 nitrogen and oxygen atoms in total. The predicted molar refractivity (Wildman–Crippen MR) is 93.5 cm³/mol. The van der Waals surface area contributed by atoms with Crippen molar-refractivity contribution in [1.82, 2.24) is 20.2 Å². The Kier molecular flexibility index (Phi) is 4.19. The molecule has 4 rings (SSSR count). The van der Waals surface area contributed by atoms with Crippen LogP contribution >= 0.6 is 11.8 Å². The van der Waals surface area contributed by atoms with Crippen molar-refractivity contribution in [1.29, 1.82) is 0 Å². The van der Waals surface area contributed by atoms with Crippen molar-refractivity contribution in [3.05, 3.63) is 65.9 Å². The Morgan fingerprint density at radius 1 is 1.28 bits per heavy atom. The van der Waals surface area contributed by atoms with Crippen LogP contribution in [0.4, 0.5) is 0 Å². The molecule has 0 saturated heterocycles. The Morgan fingerprint density at radius 3 is 2.88 bits per heavy atom. The zero-order valence-electron chi connectivity index (χ0n) is 13.5. The number of aryl methyl sites for hydroxylation is 1. The molecule has 2 N–H and O–H groups in total. The minimum atomic E-state index is -0.367. The lowest BCUT2D eigenvalue weighted by atomic mass is 10.0. The summed E-state index contributed by atoms with van der Waals surface area (Å²) in [5.41, 5.74) is 4.41. The maximum absolute atomic E-state index is 12.8. The average Bonchev–Trinajstić information content (AvgIpc) is 3.29. The molecule has 0 bridgehead atoms. The van der Waals surface area contributed by atoms with Crippen LogP contribution in [0.2, 0.25) is 0 Å². The first kappa shape index (κ1) is 15.8. The Balaban J connectivity index is 1.59. The van der Waals surface area contributed by atoms with E-state index in [1.807, 2.05) is 48.0 Å². The van der Waals surface area contributed by atoms with E-state index in [2.05, 4.69) is 20.9 Å². The Morgan fingerprint density at radius 2 is 2.12 bits per heavy atom. The summed E-state index contributed by atoms with van der Waals surface area (Å²) in [7, 11) is 0. The second kappa shape index (κ2) is 6.64. The highest BCUT2D eigenvalue weighted by molar-refractivity contribution is 8.00. The number of nitrogens with one attached hydrogen (secondary N) is 2. The Hall–Kier alpha value is -2.74. The summed E-state index contributed by atoms with van der Waals surface area (Å²) in [4.78, 5) is 12.8. The first-order valence-electron chi connectivity index (χ1n) is 7.92. The van der Waals surface area contributed by atoms with Crippen molar-refractivity contribution in [3.63, 3.8) is 0 Å². The predicted octanol–water partition coefficient (Wildman–Crippen LogP) is 2.26. The molecule has 0 aliphatic carbocycles. The van der Waals surface area contributed by atoms with Crippen molar-refractivity contribution in [2.45, 2.75) is 29.9 Å². The number of fused-ring (bicyclic) bond motifs is 1. The van der Waals surface area contributed by atoms with Gasteiger partial charge in [0.25, 0.3) is 0 Å². The molecule has 3 aromatic rings. The highest BCUT2D eigenvalue weighted by Gasteiger charge is 2.37. The fraction of sp³-hybridized carbons (Fsp3) is 0.235. The highest BCUT2D eigenvalue weighted by Crippen LogP contribution is 2.36. The number of carbonyl (C=O) groups excluding carboxylic acids is 1. The number of hydrogen-bond donors (Lipinski definition) is 2. The Bertz CT molecular complexity index is 863. The van der Waals surface area contributed by atoms with Gasteiger partial charge in [-0.15, -0.1) is 10.2 Å². The van der Waals surface area contributed by atoms with Crippen molar-refractivity contribution >= 4 is 17.7 Å². The first-order chi connectivity index (χ1) is 12.2. The van der Waals surface area contributed by atoms with Crippen LogP contribution in [0, 0.1) is 6.92 Å². The molecule has 1 aromatic carbocycles. The second-order valence-corrected chi connectivity index (χ2v) is 6.83. The van der Waals surface area contributed by atoms with Crippen molar-refractivity contribution in [2.75, 3.05) is 5.43 Å². The van der Waals surface area contributed by atoms with Gasteiger partial charge in [-0.3, -0.25) is 4.79 Å². The molecule has 0 unspecified atom stereocenters. The van der Waals surface area contributed by atoms with Crippen LogP contribution in [0.5, 0.6) is 0 Å². The van der Waals surface area contributed by atoms with Crippen molar-refractivity contribution in [2.24, 2.45) is 0 Å². The van der Waals surface area contributed by atoms with Crippen LogP contribution in [-0.2, 0) is 11.3 Å². The molecular formula is C17H17N5O2S. The summed E-state index contributed by atoms with van der Waals surface area (Å²) in [6.45, 7) is 2.24. The minimum Gasteiger partial charge on any atom is -0.467 e. The summed E-state index contributed by atoms with van der Waals surface area (Å²) >= 11 is 1.41. The van der Waals surface area contributed by atoms with Gasteiger partial charge in [0, 0.05) is 0 Å². The molecule has 3 heterocycles. The molecule has 0 radical (unpaired) electrons. The van der Waals surface area contributed by atoms with Gasteiger partial charge in [-0.2, -0.15) is 0 Å². The maximum Gasteiger partial charge on any atom is 0.236 e. The van der Waals surface area contributed by atoms with Crippen LogP contribution in [0.25, 0.3) is 0 Å². The molecule has 2 aromatic heterocycles. The lowest BCUT2D eigenvalue weighted by Gasteiger charge is -2.32. The topological polar surface area (TPSA) is 85.0 Å². The smallest absolute Gasteiger partial charge is 0.236 e. The van der Waals surface area contributed by atoms with E-state index in [0.29, 0.717) is 11.7 Å². The quantitative estimate of drug-likeness (QED) is 0.747. The molecule has 1 amide bonds. The molecule has 2 atom stereocenters. The zero-order valence-corrected chi connectivity index (χ0v) is 14.4. The van der Waals surface area contributed by atoms with Gasteiger partial charge in [0.15, 0.2) is 0 Å². The van der Waals surface area contributed by atoms with Gasteiger partial charge in [0.2, 0.25) is 11.1 Å². The number of carbonyl (C=O) groups is 1. The largest absolute Gasteiger partial charge is 0.467 e. The normalized spacial score (nSPS) is 19.1. The highest BCUT2D eigenvalue weighted by atomic mass is 32.2. The van der Waals surface area contributed by atoms with Gasteiger partial charge in [-0.1, -0.05) is 42.1 Å². The molecule has 128 valence electrons. The molecule has 0 fully saturated rings. The van der Waals surface area contributed by atoms with E-state index in [1.165, 1.54) is 11.8 Å². The Labute approximate surface area is 148 Å². The monoisotopic (exact) mass is 355 g/mol. The fourth-order valence-corrected chi connectivity index (χ4v) is 3.91. The molecule has 1 aliphatic heterocycles. The van der Waals surface area contributed by atoms with Gasteiger partial charge >= 0.3 is 0 Å². The SMILES string of the molecule is Cc1nnc2n1N[C@@H](c1ccccc1)[C@H](C(=O)NCc1ccco1)S2. The summed E-state index contributed by atoms with van der Waals surface area (Å²) < 4.78 is 7.11. The molecular weight excluding hydrogens is 338 g/mol. The van der Waals surface area contributed by atoms with Crippen molar-refractivity contribution < 1.29 is 9.21 Å². The number of benzene rings is 1. The van der Waals surface area contributed by atoms with E-state index in [-0.39, 0.29) is 17.2 Å². The van der Waals surface area contributed by atoms with Crippen LogP contribution in [0.3, 0.4) is 0 Å². The third-order valence-corrected chi connectivity index (χ3v) is 5.25. The van der Waals surface area contributed by atoms with Gasteiger partial charge < -0.3 is 15.2 Å². The number of rotatable bonds is 4. The second-order valence-electron chi connectivity index (χ2n) is 5.72. The summed E-state index contributed by atoms with van der Waals surface area (Å²) in [6, 6.07) is 13.4. The molecule has 1 aliphatic rings. The number of hydrogen-bond acceptors (Lipinski definition) is 6. The first-order valence-corrected chi connectivity index (χ1v) is 8.80. The van der Waals surface area contributed by atoms with E-state index < -0.39 is 0 Å². The number of amides is 1. The summed E-state index contributed by atoms with van der Waals surface area (Å²) in [5, 5.41) is 11.5. The van der Waals surface area contributed by atoms with Crippen LogP contribution in [0.1, 0.15) is 23.2 Å². The van der Waals surface area contributed by atoms with Gasteiger partial charge in [0.1, 0.15) is 16.8 Å². The molecule has 8 heteroatoms. The van der Waals surface area contributed by atoms with E-state index in [4.69, 9.17) is 4.42 Å². The summed E-state index contributed by atoms with van der Waals surface area (Å²) in [6.07, 6.45) is 1.59. The van der Waals surface area contributed by atoms with E-state index in [9.17, 15) is 4.79 Å². The fourth-order valence-electron chi connectivity index (χ4n) is 2.76. The van der Waals surface area contributed by atoms with Gasteiger partial charge in [-0.05, 0) is 24.6 Å². The molecule has 0 saturated carbocycles. The van der Waals surface area contributed by atoms with Gasteiger partial charge in [-0.25, -0.2) is 4.68 Å². The zero-order chi connectivity index (χ0) is 17.2. The minimum absolute atomic E-state index is 0.0744. The van der Waals surface area contributed by atoms with E-state index >= 15 is 0 Å². The van der Waals surface area contributed by atoms with Crippen LogP contribution in [-0.4, -0.2) is 26.0 Å². The van der Waals surface area contributed by atoms with Crippen LogP contribution in [0.15, 0.2) is 58.3 Å². The third kappa shape index (κ3) is 3.12. The van der Waals surface area contributed by atoms with Crippen LogP contribution < -0.4 is 10.7 Å². The number of thioether (sulfide) groups is 1. The van der Waals surface area contributed by atoms with Gasteiger partial charge in [0.05, 0.1) is 18.8 Å². The summed E-state index contributed by atoms with van der Waals surface area (Å²) in [5.74, 6) is 1.41. The maximum atomic E-state index is 12.8. The lowest BCUT2D eigenvalue weighted by molar-refractivity contribution is -0.121. The van der Waals surface area contributed by atoms with E-state index in [1.54, 1.807) is 12.3 Å². The molecule has 25 heavy (non-hydrogen) atoms.